The van der Waals surface area contributed by atoms with E-state index in [2.05, 4.69) is 39.9 Å². The van der Waals surface area contributed by atoms with Crippen LogP contribution in [0.5, 0.6) is 0 Å². The molecule has 15 heavy (non-hydrogen) atoms. The van der Waals surface area contributed by atoms with E-state index in [1.807, 2.05) is 11.8 Å². The van der Waals surface area contributed by atoms with Crippen LogP contribution < -0.4 is 5.32 Å². The maximum atomic E-state index is 3.80. The predicted octanol–water partition coefficient (Wildman–Crippen LogP) is 3.54. The Morgan fingerprint density at radius 1 is 1.40 bits per heavy atom. The highest BCUT2D eigenvalue weighted by molar-refractivity contribution is 7.99. The Bertz CT molecular complexity index is 191. The topological polar surface area (TPSA) is 12.0 Å². The standard InChI is InChI=1S/C13H27NS/c1-6-15-9-11(3)14-12-8-13(4,5)7-10(12)2/h10-12,14H,6-9H2,1-5H3. The molecule has 0 spiro atoms. The predicted molar refractivity (Wildman–Crippen MR) is 71.6 cm³/mol. The van der Waals surface area contributed by atoms with Crippen molar-refractivity contribution in [1.82, 2.24) is 5.32 Å². The number of hydrogen-bond donors (Lipinski definition) is 1. The zero-order valence-electron chi connectivity index (χ0n) is 11.0. The molecule has 1 rings (SSSR count). The second-order valence-electron chi connectivity index (χ2n) is 5.88. The summed E-state index contributed by atoms with van der Waals surface area (Å²) in [6.45, 7) is 11.7. The third-order valence-corrected chi connectivity index (χ3v) is 4.55. The van der Waals surface area contributed by atoms with Gasteiger partial charge in [0.15, 0.2) is 0 Å². The number of rotatable bonds is 5. The van der Waals surface area contributed by atoms with E-state index in [0.717, 1.165) is 12.0 Å². The summed E-state index contributed by atoms with van der Waals surface area (Å²) in [5.74, 6) is 3.33. The van der Waals surface area contributed by atoms with E-state index in [9.17, 15) is 0 Å². The van der Waals surface area contributed by atoms with Gasteiger partial charge in [0.05, 0.1) is 0 Å². The molecule has 0 amide bonds. The lowest BCUT2D eigenvalue weighted by Crippen LogP contribution is -2.39. The zero-order valence-corrected chi connectivity index (χ0v) is 11.8. The molecule has 0 aromatic carbocycles. The van der Waals surface area contributed by atoms with Crippen molar-refractivity contribution in [3.05, 3.63) is 0 Å². The highest BCUT2D eigenvalue weighted by Crippen LogP contribution is 2.40. The lowest BCUT2D eigenvalue weighted by Gasteiger charge is -2.23. The molecule has 1 aliphatic rings. The molecule has 1 aliphatic carbocycles. The normalized spacial score (nSPS) is 31.8. The summed E-state index contributed by atoms with van der Waals surface area (Å²) in [6.07, 6.45) is 2.72. The zero-order chi connectivity index (χ0) is 11.5. The molecule has 1 fully saturated rings. The summed E-state index contributed by atoms with van der Waals surface area (Å²) in [6, 6.07) is 1.41. The van der Waals surface area contributed by atoms with Gasteiger partial charge in [-0.15, -0.1) is 0 Å². The van der Waals surface area contributed by atoms with Crippen molar-refractivity contribution in [3.8, 4) is 0 Å². The van der Waals surface area contributed by atoms with Crippen LogP contribution in [0.2, 0.25) is 0 Å². The highest BCUT2D eigenvalue weighted by Gasteiger charge is 2.36. The van der Waals surface area contributed by atoms with Gasteiger partial charge >= 0.3 is 0 Å². The Morgan fingerprint density at radius 2 is 2.07 bits per heavy atom. The van der Waals surface area contributed by atoms with Gasteiger partial charge in [-0.2, -0.15) is 11.8 Å². The Morgan fingerprint density at radius 3 is 2.53 bits per heavy atom. The average Bonchev–Trinajstić information content (AvgIpc) is 2.36. The number of hydrogen-bond acceptors (Lipinski definition) is 2. The molecule has 0 radical (unpaired) electrons. The largest absolute Gasteiger partial charge is 0.310 e. The molecule has 0 saturated heterocycles. The molecule has 1 N–H and O–H groups in total. The first-order valence-corrected chi connectivity index (χ1v) is 7.44. The van der Waals surface area contributed by atoms with Crippen LogP contribution in [0.3, 0.4) is 0 Å². The second-order valence-corrected chi connectivity index (χ2v) is 7.20. The highest BCUT2D eigenvalue weighted by atomic mass is 32.2. The van der Waals surface area contributed by atoms with Crippen molar-refractivity contribution < 1.29 is 0 Å². The van der Waals surface area contributed by atoms with E-state index in [1.165, 1.54) is 24.3 Å². The minimum absolute atomic E-state index is 0.550. The summed E-state index contributed by atoms with van der Waals surface area (Å²) >= 11 is 2.04. The molecule has 90 valence electrons. The van der Waals surface area contributed by atoms with Crippen LogP contribution in [0.4, 0.5) is 0 Å². The van der Waals surface area contributed by atoms with Crippen molar-refractivity contribution in [2.45, 2.75) is 59.5 Å². The van der Waals surface area contributed by atoms with Gasteiger partial charge in [-0.3, -0.25) is 0 Å². The van der Waals surface area contributed by atoms with Gasteiger partial charge in [-0.05, 0) is 36.9 Å². The number of thioether (sulfide) groups is 1. The quantitative estimate of drug-likeness (QED) is 0.774. The van der Waals surface area contributed by atoms with E-state index >= 15 is 0 Å². The Hall–Kier alpha value is 0.310. The first kappa shape index (κ1) is 13.4. The lowest BCUT2D eigenvalue weighted by molar-refractivity contribution is 0.358. The smallest absolute Gasteiger partial charge is 0.0132 e. The molecule has 0 aromatic rings. The summed E-state index contributed by atoms with van der Waals surface area (Å²) in [5.41, 5.74) is 0.550. The van der Waals surface area contributed by atoms with Crippen LogP contribution in [-0.2, 0) is 0 Å². The van der Waals surface area contributed by atoms with Crippen LogP contribution in [0, 0.1) is 11.3 Å². The van der Waals surface area contributed by atoms with Gasteiger partial charge in [0, 0.05) is 17.8 Å². The third-order valence-electron chi connectivity index (χ3n) is 3.40. The fraction of sp³-hybridized carbons (Fsp3) is 1.00. The van der Waals surface area contributed by atoms with Gasteiger partial charge in [0.25, 0.3) is 0 Å². The summed E-state index contributed by atoms with van der Waals surface area (Å²) in [7, 11) is 0. The lowest BCUT2D eigenvalue weighted by atomic mass is 9.91. The molecule has 1 saturated carbocycles. The van der Waals surface area contributed by atoms with Crippen molar-refractivity contribution in [3.63, 3.8) is 0 Å². The Labute approximate surface area is 99.8 Å². The van der Waals surface area contributed by atoms with Crippen molar-refractivity contribution in [2.75, 3.05) is 11.5 Å². The first-order valence-electron chi connectivity index (χ1n) is 6.28. The molecule has 0 aromatic heterocycles. The molecule has 3 atom stereocenters. The van der Waals surface area contributed by atoms with E-state index < -0.39 is 0 Å². The third kappa shape index (κ3) is 4.36. The van der Waals surface area contributed by atoms with Gasteiger partial charge in [-0.1, -0.05) is 27.7 Å². The summed E-state index contributed by atoms with van der Waals surface area (Å²) in [4.78, 5) is 0. The van der Waals surface area contributed by atoms with E-state index in [4.69, 9.17) is 0 Å². The van der Waals surface area contributed by atoms with Crippen molar-refractivity contribution >= 4 is 11.8 Å². The van der Waals surface area contributed by atoms with Gasteiger partial charge < -0.3 is 5.32 Å². The molecular formula is C13H27NS. The van der Waals surface area contributed by atoms with E-state index in [0.29, 0.717) is 11.5 Å². The summed E-state index contributed by atoms with van der Waals surface area (Å²) < 4.78 is 0. The van der Waals surface area contributed by atoms with Crippen LogP contribution in [0.1, 0.15) is 47.5 Å². The molecule has 1 nitrogen and oxygen atoms in total. The van der Waals surface area contributed by atoms with E-state index in [1.54, 1.807) is 0 Å². The van der Waals surface area contributed by atoms with Crippen LogP contribution in [0.25, 0.3) is 0 Å². The minimum Gasteiger partial charge on any atom is -0.310 e. The molecule has 3 unspecified atom stereocenters. The molecular weight excluding hydrogens is 202 g/mol. The Balaban J connectivity index is 2.32. The van der Waals surface area contributed by atoms with Crippen LogP contribution in [0.15, 0.2) is 0 Å². The second kappa shape index (κ2) is 5.58. The van der Waals surface area contributed by atoms with E-state index in [-0.39, 0.29) is 0 Å². The fourth-order valence-corrected chi connectivity index (χ4v) is 3.51. The first-order chi connectivity index (χ1) is 6.94. The van der Waals surface area contributed by atoms with Crippen LogP contribution >= 0.6 is 11.8 Å². The summed E-state index contributed by atoms with van der Waals surface area (Å²) in [5, 5.41) is 3.80. The molecule has 0 aliphatic heterocycles. The molecule has 0 heterocycles. The van der Waals surface area contributed by atoms with Crippen molar-refractivity contribution in [2.24, 2.45) is 11.3 Å². The molecule has 2 heteroatoms. The van der Waals surface area contributed by atoms with Crippen LogP contribution in [-0.4, -0.2) is 23.6 Å². The van der Waals surface area contributed by atoms with Gasteiger partial charge in [-0.25, -0.2) is 0 Å². The SMILES string of the molecule is CCSCC(C)NC1CC(C)(C)CC1C. The maximum absolute atomic E-state index is 3.80. The molecule has 0 bridgehead atoms. The minimum atomic E-state index is 0.550. The maximum Gasteiger partial charge on any atom is 0.0132 e. The number of nitrogens with one attached hydrogen (secondary N) is 1. The van der Waals surface area contributed by atoms with Gasteiger partial charge in [0.2, 0.25) is 0 Å². The van der Waals surface area contributed by atoms with Gasteiger partial charge in [0.1, 0.15) is 0 Å². The monoisotopic (exact) mass is 229 g/mol. The van der Waals surface area contributed by atoms with Crippen molar-refractivity contribution in [1.29, 1.82) is 0 Å². The Kier molecular flexibility index (Phi) is 4.98. The fourth-order valence-electron chi connectivity index (χ4n) is 2.83. The average molecular weight is 229 g/mol.